The minimum Gasteiger partial charge on any atom is -0.309 e. The standard InChI is InChI=1S/C64H42N4.C58H38N4/c1-3-13-43(14-4-1)44-23-27-47(28-24-44)53-17-7-8-18-54(53)59-39-40-65-64(66-59)48-29-25-45(26-30-48)46-31-35-52(36-32-46)68-61-22-12-10-20-56(61)58-42-50(34-38-63(58)68)49-33-37-62-57(41-49)55-19-9-11-21-60(55)67(62)51-15-5-2-6-16-51;1-3-12-39(13-4-1)40-22-24-41(25-23-40)43-14-11-15-46(36-43)53-34-35-59-58(60-53)42-26-30-48(31-27-42)62-55-21-10-8-19-50(55)52-38-45(29-33-57(52)62)44-28-32-56-51(37-44)49-18-7-9-20-54(49)61(56)47-16-5-2-6-17-47/h1-42H;1-38H. The maximum Gasteiger partial charge on any atom is 0.159 e. The predicted molar refractivity (Wildman–Crippen MR) is 541 cm³/mol. The zero-order valence-electron chi connectivity index (χ0n) is 70.8. The second-order valence-electron chi connectivity index (χ2n) is 33.2. The summed E-state index contributed by atoms with van der Waals surface area (Å²) in [4.78, 5) is 19.6. The fourth-order valence-electron chi connectivity index (χ4n) is 19.3. The summed E-state index contributed by atoms with van der Waals surface area (Å²) < 4.78 is 9.49. The molecule has 0 amide bonds. The van der Waals surface area contributed by atoms with E-state index in [4.69, 9.17) is 19.9 Å². The first kappa shape index (κ1) is 76.2. The molecular formula is C122H80N8. The average Bonchev–Trinajstić information content (AvgIpc) is 1.60. The number of fused-ring (bicyclic) bond motifs is 12. The molecule has 0 spiro atoms. The van der Waals surface area contributed by atoms with Gasteiger partial charge in [-0.3, -0.25) is 0 Å². The molecule has 0 saturated carbocycles. The van der Waals surface area contributed by atoms with Crippen LogP contribution in [0, 0.1) is 0 Å². The lowest BCUT2D eigenvalue weighted by molar-refractivity contribution is 1.16. The molecule has 25 aromatic rings. The van der Waals surface area contributed by atoms with E-state index in [9.17, 15) is 0 Å². The molecule has 19 aromatic carbocycles. The van der Waals surface area contributed by atoms with E-state index < -0.39 is 0 Å². The number of hydrogen-bond donors (Lipinski definition) is 0. The Bertz CT molecular complexity index is 8590. The molecular weight excluding hydrogens is 1580 g/mol. The van der Waals surface area contributed by atoms with Crippen LogP contribution in [0.3, 0.4) is 0 Å². The molecule has 0 fully saturated rings. The van der Waals surface area contributed by atoms with Gasteiger partial charge in [-0.05, 0) is 230 Å². The zero-order valence-corrected chi connectivity index (χ0v) is 70.8. The number of aromatic nitrogens is 8. The summed E-state index contributed by atoms with van der Waals surface area (Å²) in [7, 11) is 0. The van der Waals surface area contributed by atoms with Crippen LogP contribution < -0.4 is 0 Å². The van der Waals surface area contributed by atoms with Crippen molar-refractivity contribution < 1.29 is 0 Å². The first-order valence-corrected chi connectivity index (χ1v) is 44.2. The molecule has 25 rings (SSSR count). The molecule has 0 aliphatic rings. The molecule has 0 N–H and O–H groups in total. The molecule has 0 atom stereocenters. The Labute approximate surface area is 751 Å². The Morgan fingerprint density at radius 1 is 0.138 bits per heavy atom. The molecule has 8 heteroatoms. The summed E-state index contributed by atoms with van der Waals surface area (Å²) in [6, 6.07) is 169. The van der Waals surface area contributed by atoms with Gasteiger partial charge in [0.15, 0.2) is 11.6 Å². The van der Waals surface area contributed by atoms with Crippen molar-refractivity contribution in [2.45, 2.75) is 0 Å². The fourth-order valence-corrected chi connectivity index (χ4v) is 19.3. The third-order valence-electron chi connectivity index (χ3n) is 25.7. The molecule has 6 aromatic heterocycles. The minimum atomic E-state index is 0.697. The molecule has 608 valence electrons. The van der Waals surface area contributed by atoms with E-state index in [0.717, 1.165) is 84.0 Å². The number of benzene rings is 19. The molecule has 0 aliphatic carbocycles. The van der Waals surface area contributed by atoms with E-state index in [1.807, 2.05) is 36.7 Å². The molecule has 0 aliphatic heterocycles. The van der Waals surface area contributed by atoms with E-state index in [-0.39, 0.29) is 0 Å². The number of rotatable bonds is 15. The molecule has 6 heterocycles. The van der Waals surface area contributed by atoms with Gasteiger partial charge in [0.1, 0.15) is 0 Å². The molecule has 8 nitrogen and oxygen atoms in total. The van der Waals surface area contributed by atoms with Crippen molar-refractivity contribution in [1.29, 1.82) is 0 Å². The molecule has 0 bridgehead atoms. The van der Waals surface area contributed by atoms with Crippen LogP contribution in [0.5, 0.6) is 0 Å². The van der Waals surface area contributed by atoms with Crippen molar-refractivity contribution in [3.05, 3.63) is 486 Å². The number of para-hydroxylation sites is 6. The van der Waals surface area contributed by atoms with Gasteiger partial charge < -0.3 is 18.3 Å². The van der Waals surface area contributed by atoms with Gasteiger partial charge in [-0.1, -0.05) is 322 Å². The van der Waals surface area contributed by atoms with Gasteiger partial charge in [0.05, 0.1) is 55.5 Å². The Morgan fingerprint density at radius 2 is 0.385 bits per heavy atom. The first-order chi connectivity index (χ1) is 64.4. The lowest BCUT2D eigenvalue weighted by Gasteiger charge is -2.12. The third kappa shape index (κ3) is 13.8. The van der Waals surface area contributed by atoms with Gasteiger partial charge in [-0.15, -0.1) is 0 Å². The van der Waals surface area contributed by atoms with Crippen molar-refractivity contribution >= 4 is 87.2 Å². The second-order valence-corrected chi connectivity index (χ2v) is 33.2. The first-order valence-electron chi connectivity index (χ1n) is 44.2. The highest BCUT2D eigenvalue weighted by atomic mass is 15.0. The van der Waals surface area contributed by atoms with E-state index in [1.54, 1.807) is 0 Å². The topological polar surface area (TPSA) is 71.3 Å². The smallest absolute Gasteiger partial charge is 0.159 e. The largest absolute Gasteiger partial charge is 0.309 e. The van der Waals surface area contributed by atoms with Crippen molar-refractivity contribution in [2.24, 2.45) is 0 Å². The molecule has 0 radical (unpaired) electrons. The molecule has 0 saturated heterocycles. The summed E-state index contributed by atoms with van der Waals surface area (Å²) in [5.41, 5.74) is 36.4. The van der Waals surface area contributed by atoms with Crippen LogP contribution in [-0.4, -0.2) is 38.2 Å². The van der Waals surface area contributed by atoms with Crippen LogP contribution in [0.15, 0.2) is 486 Å². The Morgan fingerprint density at radius 3 is 0.777 bits per heavy atom. The summed E-state index contributed by atoms with van der Waals surface area (Å²) in [5.74, 6) is 1.40. The minimum absolute atomic E-state index is 0.697. The fraction of sp³-hybridized carbons (Fsp3) is 0. The Hall–Kier alpha value is -17.5. The lowest BCUT2D eigenvalue weighted by Crippen LogP contribution is -1.95. The van der Waals surface area contributed by atoms with Crippen LogP contribution in [0.1, 0.15) is 0 Å². The monoisotopic (exact) mass is 1660 g/mol. The molecule has 130 heavy (non-hydrogen) atoms. The number of nitrogens with zero attached hydrogens (tertiary/aromatic N) is 8. The van der Waals surface area contributed by atoms with Gasteiger partial charge in [0.2, 0.25) is 0 Å². The quantitative estimate of drug-likeness (QED) is 0.103. The van der Waals surface area contributed by atoms with Gasteiger partial charge in [-0.25, -0.2) is 19.9 Å². The molecule has 0 unspecified atom stereocenters. The maximum atomic E-state index is 5.10. The van der Waals surface area contributed by atoms with E-state index in [0.29, 0.717) is 11.6 Å². The predicted octanol–water partition coefficient (Wildman–Crippen LogP) is 31.7. The van der Waals surface area contributed by atoms with Gasteiger partial charge in [0, 0.05) is 100 Å². The van der Waals surface area contributed by atoms with E-state index in [2.05, 4.69) is 467 Å². The van der Waals surface area contributed by atoms with E-state index >= 15 is 0 Å². The van der Waals surface area contributed by atoms with Crippen molar-refractivity contribution in [3.63, 3.8) is 0 Å². The van der Waals surface area contributed by atoms with Crippen molar-refractivity contribution in [3.8, 4) is 146 Å². The second kappa shape index (κ2) is 32.6. The maximum absolute atomic E-state index is 5.10. The van der Waals surface area contributed by atoms with Gasteiger partial charge in [0.25, 0.3) is 0 Å². The Balaban J connectivity index is 0.000000145. The summed E-state index contributed by atoms with van der Waals surface area (Å²) >= 11 is 0. The highest BCUT2D eigenvalue weighted by Gasteiger charge is 2.22. The SMILES string of the molecule is c1ccc(-c2ccc(-c3cccc(-c4ccnc(-c5ccc(-n6c7ccccc7c7cc(-c8ccc9c(c8)c8ccccc8n9-c8ccccc8)ccc76)cc5)n4)c3)cc2)cc1.c1ccc(-c2ccc(-c3ccccc3-c3ccnc(-c4ccc(-c5ccc(-n6c7ccccc7c7cc(-c8ccc9c(c8)c8ccccc8n9-c8ccccc8)ccc76)cc5)cc4)n3)cc2)cc1. The summed E-state index contributed by atoms with van der Waals surface area (Å²) in [6.45, 7) is 0. The van der Waals surface area contributed by atoms with E-state index in [1.165, 1.54) is 137 Å². The van der Waals surface area contributed by atoms with Crippen LogP contribution >= 0.6 is 0 Å². The Kier molecular flexibility index (Phi) is 19.1. The van der Waals surface area contributed by atoms with Crippen LogP contribution in [0.4, 0.5) is 0 Å². The zero-order chi connectivity index (χ0) is 86.0. The van der Waals surface area contributed by atoms with Gasteiger partial charge >= 0.3 is 0 Å². The van der Waals surface area contributed by atoms with Crippen LogP contribution in [0.25, 0.3) is 233 Å². The third-order valence-corrected chi connectivity index (χ3v) is 25.7. The highest BCUT2D eigenvalue weighted by Crippen LogP contribution is 2.44. The summed E-state index contributed by atoms with van der Waals surface area (Å²) in [6.07, 6.45) is 3.72. The van der Waals surface area contributed by atoms with Crippen LogP contribution in [-0.2, 0) is 0 Å². The average molecular weight is 1660 g/mol. The van der Waals surface area contributed by atoms with Crippen molar-refractivity contribution in [1.82, 2.24) is 38.2 Å². The lowest BCUT2D eigenvalue weighted by atomic mass is 9.95. The number of hydrogen-bond acceptors (Lipinski definition) is 4. The van der Waals surface area contributed by atoms with Crippen molar-refractivity contribution in [2.75, 3.05) is 0 Å². The normalized spacial score (nSPS) is 11.5. The van der Waals surface area contributed by atoms with Gasteiger partial charge in [-0.2, -0.15) is 0 Å². The summed E-state index contributed by atoms with van der Waals surface area (Å²) in [5, 5.41) is 9.92. The van der Waals surface area contributed by atoms with Crippen LogP contribution in [0.2, 0.25) is 0 Å². The highest BCUT2D eigenvalue weighted by molar-refractivity contribution is 6.15.